The fourth-order valence-electron chi connectivity index (χ4n) is 4.62. The number of rotatable bonds is 2. The van der Waals surface area contributed by atoms with Crippen molar-refractivity contribution in [2.75, 3.05) is 19.2 Å². The minimum absolute atomic E-state index is 0.0707. The highest BCUT2D eigenvalue weighted by Gasteiger charge is 2.41. The summed E-state index contributed by atoms with van der Waals surface area (Å²) in [6, 6.07) is 9.15. The highest BCUT2D eigenvalue weighted by Crippen LogP contribution is 2.52. The number of allylic oxidation sites excluding steroid dienone is 2. The van der Waals surface area contributed by atoms with Gasteiger partial charge in [0, 0.05) is 35.4 Å². The van der Waals surface area contributed by atoms with Crippen LogP contribution in [0.1, 0.15) is 43.7 Å². The van der Waals surface area contributed by atoms with Gasteiger partial charge in [-0.15, -0.1) is 0 Å². The minimum atomic E-state index is -0.270. The van der Waals surface area contributed by atoms with E-state index in [1.165, 1.54) is 7.11 Å². The number of hydrogen-bond acceptors (Lipinski definition) is 6. The lowest BCUT2D eigenvalue weighted by Crippen LogP contribution is -2.33. The maximum absolute atomic E-state index is 13.3. The number of hydrogen-bond donors (Lipinski definition) is 2. The molecule has 0 saturated carbocycles. The van der Waals surface area contributed by atoms with Gasteiger partial charge >= 0.3 is 0 Å². The quantitative estimate of drug-likeness (QED) is 0.791. The molecule has 0 saturated heterocycles. The van der Waals surface area contributed by atoms with E-state index < -0.39 is 0 Å². The lowest BCUT2D eigenvalue weighted by molar-refractivity contribution is -0.118. The SMILES string of the molecule is COc1cc(C2C3=C(CC(C)(C)CC3=O)Nc3cc4c(cc32)OCO4)ccc1O. The van der Waals surface area contributed by atoms with Crippen molar-refractivity contribution in [3.63, 3.8) is 0 Å². The van der Waals surface area contributed by atoms with E-state index in [9.17, 15) is 9.90 Å². The summed E-state index contributed by atoms with van der Waals surface area (Å²) in [6.07, 6.45) is 1.28. The van der Waals surface area contributed by atoms with Crippen LogP contribution < -0.4 is 19.5 Å². The molecule has 1 aliphatic carbocycles. The average molecular weight is 393 g/mol. The Bertz CT molecular complexity index is 1070. The molecule has 2 aliphatic heterocycles. The van der Waals surface area contributed by atoms with Crippen molar-refractivity contribution in [1.29, 1.82) is 0 Å². The highest BCUT2D eigenvalue weighted by atomic mass is 16.7. The summed E-state index contributed by atoms with van der Waals surface area (Å²) in [4.78, 5) is 13.3. The third-order valence-electron chi connectivity index (χ3n) is 5.89. The molecule has 2 N–H and O–H groups in total. The van der Waals surface area contributed by atoms with E-state index in [0.29, 0.717) is 23.7 Å². The standard InChI is InChI=1S/C23H23NO5/c1-23(2)9-15-22(17(26)10-23)21(12-4-5-16(25)18(6-12)27-3)13-7-19-20(29-11-28-19)8-14(13)24-15/h4-8,21,24-25H,9-11H2,1-3H3. The van der Waals surface area contributed by atoms with E-state index in [4.69, 9.17) is 14.2 Å². The molecule has 29 heavy (non-hydrogen) atoms. The molecule has 150 valence electrons. The molecule has 2 aromatic rings. The van der Waals surface area contributed by atoms with Crippen LogP contribution in [0.4, 0.5) is 5.69 Å². The first-order valence-corrected chi connectivity index (χ1v) is 9.70. The monoisotopic (exact) mass is 393 g/mol. The smallest absolute Gasteiger partial charge is 0.231 e. The van der Waals surface area contributed by atoms with Gasteiger partial charge in [0.1, 0.15) is 0 Å². The molecule has 1 atom stereocenters. The number of ether oxygens (including phenoxy) is 3. The topological polar surface area (TPSA) is 77.0 Å². The zero-order chi connectivity index (χ0) is 20.3. The molecule has 2 heterocycles. The number of anilines is 1. The van der Waals surface area contributed by atoms with Crippen LogP contribution in [0.3, 0.4) is 0 Å². The Labute approximate surface area is 169 Å². The summed E-state index contributed by atoms with van der Waals surface area (Å²) in [5.74, 6) is 1.70. The molecule has 1 unspecified atom stereocenters. The number of ketones is 1. The number of methoxy groups -OCH3 is 1. The van der Waals surface area contributed by atoms with Crippen LogP contribution in [-0.4, -0.2) is 24.8 Å². The number of benzene rings is 2. The molecular weight excluding hydrogens is 370 g/mol. The van der Waals surface area contributed by atoms with Gasteiger partial charge in [-0.2, -0.15) is 0 Å². The summed E-state index contributed by atoms with van der Waals surface area (Å²) < 4.78 is 16.5. The normalized spacial score (nSPS) is 21.3. The number of carbonyl (C=O) groups is 1. The molecule has 6 heteroatoms. The molecule has 2 aromatic carbocycles. The summed E-state index contributed by atoms with van der Waals surface area (Å²) in [6.45, 7) is 4.42. The van der Waals surface area contributed by atoms with E-state index in [1.54, 1.807) is 12.1 Å². The first kappa shape index (κ1) is 17.9. The van der Waals surface area contributed by atoms with Crippen LogP contribution >= 0.6 is 0 Å². The number of aromatic hydroxyl groups is 1. The molecule has 0 radical (unpaired) electrons. The van der Waals surface area contributed by atoms with Crippen molar-refractivity contribution in [1.82, 2.24) is 0 Å². The third-order valence-corrected chi connectivity index (χ3v) is 5.89. The first-order chi connectivity index (χ1) is 13.9. The van der Waals surface area contributed by atoms with Gasteiger partial charge in [0.25, 0.3) is 0 Å². The maximum atomic E-state index is 13.3. The van der Waals surface area contributed by atoms with E-state index in [2.05, 4.69) is 19.2 Å². The van der Waals surface area contributed by atoms with Crippen molar-refractivity contribution in [3.8, 4) is 23.0 Å². The Balaban J connectivity index is 1.73. The number of carbonyl (C=O) groups excluding carboxylic acids is 1. The van der Waals surface area contributed by atoms with Crippen LogP contribution in [0.2, 0.25) is 0 Å². The van der Waals surface area contributed by atoms with Gasteiger partial charge in [-0.05, 0) is 41.2 Å². The number of Topliss-reactive ketones (excluding diaryl/α,β-unsaturated/α-hetero) is 1. The predicted molar refractivity (Wildman–Crippen MR) is 108 cm³/mol. The Morgan fingerprint density at radius 2 is 1.90 bits per heavy atom. The second-order valence-electron chi connectivity index (χ2n) is 8.62. The van der Waals surface area contributed by atoms with Crippen molar-refractivity contribution >= 4 is 11.5 Å². The average Bonchev–Trinajstić information content (AvgIpc) is 3.11. The van der Waals surface area contributed by atoms with Gasteiger partial charge in [-0.25, -0.2) is 0 Å². The van der Waals surface area contributed by atoms with Crippen molar-refractivity contribution in [3.05, 3.63) is 52.7 Å². The van der Waals surface area contributed by atoms with Gasteiger partial charge in [0.05, 0.1) is 7.11 Å². The second-order valence-corrected chi connectivity index (χ2v) is 8.62. The number of fused-ring (bicyclic) bond motifs is 2. The van der Waals surface area contributed by atoms with Gasteiger partial charge in [-0.3, -0.25) is 4.79 Å². The molecule has 6 nitrogen and oxygen atoms in total. The number of phenolic OH excluding ortho intramolecular Hbond substituents is 1. The van der Waals surface area contributed by atoms with Crippen molar-refractivity contribution in [2.45, 2.75) is 32.6 Å². The molecule has 0 fully saturated rings. The van der Waals surface area contributed by atoms with Crippen LogP contribution in [0.5, 0.6) is 23.0 Å². The molecule has 0 bridgehead atoms. The van der Waals surface area contributed by atoms with Gasteiger partial charge in [0.2, 0.25) is 6.79 Å². The minimum Gasteiger partial charge on any atom is -0.504 e. The van der Waals surface area contributed by atoms with E-state index in [0.717, 1.165) is 34.5 Å². The largest absolute Gasteiger partial charge is 0.504 e. The zero-order valence-corrected chi connectivity index (χ0v) is 16.7. The lowest BCUT2D eigenvalue weighted by atomic mass is 9.68. The fourth-order valence-corrected chi connectivity index (χ4v) is 4.62. The van der Waals surface area contributed by atoms with Gasteiger partial charge in [0.15, 0.2) is 28.8 Å². The summed E-state index contributed by atoms with van der Waals surface area (Å²) in [5, 5.41) is 13.6. The summed E-state index contributed by atoms with van der Waals surface area (Å²) >= 11 is 0. The predicted octanol–water partition coefficient (Wildman–Crippen LogP) is 4.33. The molecule has 0 aromatic heterocycles. The lowest BCUT2D eigenvalue weighted by Gasteiger charge is -2.39. The summed E-state index contributed by atoms with van der Waals surface area (Å²) in [5.41, 5.74) is 4.39. The van der Waals surface area contributed by atoms with Crippen LogP contribution in [0, 0.1) is 5.41 Å². The van der Waals surface area contributed by atoms with Crippen molar-refractivity contribution in [2.24, 2.45) is 5.41 Å². The van der Waals surface area contributed by atoms with Gasteiger partial charge in [-0.1, -0.05) is 19.9 Å². The van der Waals surface area contributed by atoms with Crippen LogP contribution in [0.15, 0.2) is 41.6 Å². The van der Waals surface area contributed by atoms with Crippen LogP contribution in [0.25, 0.3) is 0 Å². The van der Waals surface area contributed by atoms with Gasteiger partial charge < -0.3 is 24.6 Å². The Morgan fingerprint density at radius 3 is 2.66 bits per heavy atom. The molecule has 0 amide bonds. The second kappa shape index (κ2) is 6.17. The van der Waals surface area contributed by atoms with E-state index in [1.807, 2.05) is 18.2 Å². The molecule has 5 rings (SSSR count). The maximum Gasteiger partial charge on any atom is 0.231 e. The van der Waals surface area contributed by atoms with Crippen LogP contribution in [-0.2, 0) is 4.79 Å². The molecule has 3 aliphatic rings. The fraction of sp³-hybridized carbons (Fsp3) is 0.348. The third kappa shape index (κ3) is 2.82. The molecule has 0 spiro atoms. The zero-order valence-electron chi connectivity index (χ0n) is 16.7. The Morgan fingerprint density at radius 1 is 1.14 bits per heavy atom. The number of nitrogens with one attached hydrogen (secondary N) is 1. The van der Waals surface area contributed by atoms with E-state index in [-0.39, 0.29) is 29.7 Å². The first-order valence-electron chi connectivity index (χ1n) is 9.70. The Hall–Kier alpha value is -3.15. The Kier molecular flexibility index (Phi) is 3.81. The van der Waals surface area contributed by atoms with Crippen molar-refractivity contribution < 1.29 is 24.1 Å². The highest BCUT2D eigenvalue weighted by molar-refractivity contribution is 6.01. The summed E-state index contributed by atoms with van der Waals surface area (Å²) in [7, 11) is 1.52. The van der Waals surface area contributed by atoms with E-state index >= 15 is 0 Å². The number of phenols is 1. The molecular formula is C23H23NO5.